The van der Waals surface area contributed by atoms with Gasteiger partial charge in [0.25, 0.3) is 0 Å². The van der Waals surface area contributed by atoms with Crippen LogP contribution in [0.2, 0.25) is 0 Å². The highest BCUT2D eigenvalue weighted by Gasteiger charge is 2.24. The van der Waals surface area contributed by atoms with Crippen LogP contribution < -0.4 is 20.3 Å². The minimum absolute atomic E-state index is 0.00153. The monoisotopic (exact) mass is 619 g/mol. The summed E-state index contributed by atoms with van der Waals surface area (Å²) in [6, 6.07) is 5.39. The molecule has 1 saturated heterocycles. The summed E-state index contributed by atoms with van der Waals surface area (Å²) in [5.41, 5.74) is 0.519. The lowest BCUT2D eigenvalue weighted by molar-refractivity contribution is 0.00346. The summed E-state index contributed by atoms with van der Waals surface area (Å²) in [6.45, 7) is 4.57. The summed E-state index contributed by atoms with van der Waals surface area (Å²) in [6.07, 6.45) is 9.22. The number of benzene rings is 1. The molecule has 0 bridgehead atoms. The number of piperidine rings is 1. The topological polar surface area (TPSA) is 126 Å². The summed E-state index contributed by atoms with van der Waals surface area (Å²) < 4.78 is 36.5. The van der Waals surface area contributed by atoms with Crippen molar-refractivity contribution in [2.24, 2.45) is 0 Å². The van der Waals surface area contributed by atoms with Crippen LogP contribution in [0.5, 0.6) is 5.75 Å². The molecule has 4 rings (SSSR count). The van der Waals surface area contributed by atoms with E-state index in [1.54, 1.807) is 12.1 Å². The normalized spacial score (nSPS) is 16.9. The molecule has 1 aromatic heterocycles. The van der Waals surface area contributed by atoms with E-state index in [1.807, 2.05) is 7.05 Å². The quantitative estimate of drug-likeness (QED) is 0.166. The maximum atomic E-state index is 14.9. The first-order valence-electron chi connectivity index (χ1n) is 16.0. The Hall–Kier alpha value is -2.84. The van der Waals surface area contributed by atoms with Gasteiger partial charge >= 0.3 is 0 Å². The molecule has 1 aliphatic carbocycles. The Bertz CT molecular complexity index is 1100. The van der Waals surface area contributed by atoms with Crippen LogP contribution in [0, 0.1) is 5.82 Å². The van der Waals surface area contributed by atoms with E-state index in [2.05, 4.69) is 32.5 Å². The van der Waals surface area contributed by atoms with E-state index in [0.717, 1.165) is 38.8 Å². The van der Waals surface area contributed by atoms with Crippen LogP contribution in [-0.4, -0.2) is 117 Å². The van der Waals surface area contributed by atoms with Crippen LogP contribution in [0.3, 0.4) is 0 Å². The maximum absolute atomic E-state index is 14.9. The molecule has 0 spiro atoms. The molecule has 0 amide bonds. The smallest absolute Gasteiger partial charge is 0.233 e. The van der Waals surface area contributed by atoms with E-state index >= 15 is 0 Å². The standard InChI is InChI=1S/C31H50FN7O5/c1-38-13-11-26(12-14-38)39(2)31-36-29(33-24-7-5-3-4-6-8-24)35-30(37-31)34-25-9-10-28(27(32)23-25)44-22-21-43-20-19-42-18-17-41-16-15-40/h9-10,23-24,26,40H,3-8,11-22H2,1-2H3,(H2,33,34,35,36,37). The van der Waals surface area contributed by atoms with E-state index in [9.17, 15) is 4.39 Å². The van der Waals surface area contributed by atoms with Crippen LogP contribution >= 0.6 is 0 Å². The molecule has 2 aliphatic rings. The predicted octanol–water partition coefficient (Wildman–Crippen LogP) is 3.84. The number of likely N-dealkylation sites (tertiary alicyclic amines) is 1. The summed E-state index contributed by atoms with van der Waals surface area (Å²) >= 11 is 0. The van der Waals surface area contributed by atoms with Gasteiger partial charge in [-0.1, -0.05) is 25.7 Å². The summed E-state index contributed by atoms with van der Waals surface area (Å²) in [5.74, 6) is 1.18. The predicted molar refractivity (Wildman–Crippen MR) is 169 cm³/mol. The fraction of sp³-hybridized carbons (Fsp3) is 0.710. The molecule has 2 aromatic rings. The third-order valence-electron chi connectivity index (χ3n) is 8.02. The van der Waals surface area contributed by atoms with Crippen molar-refractivity contribution in [1.29, 1.82) is 0 Å². The molecule has 1 aromatic carbocycles. The number of halogens is 1. The Morgan fingerprint density at radius 3 is 2.16 bits per heavy atom. The lowest BCUT2D eigenvalue weighted by Gasteiger charge is -2.35. The molecular formula is C31H50FN7O5. The molecule has 1 saturated carbocycles. The lowest BCUT2D eigenvalue weighted by atomic mass is 10.0. The number of nitrogens with one attached hydrogen (secondary N) is 2. The van der Waals surface area contributed by atoms with Crippen LogP contribution in [0.1, 0.15) is 51.4 Å². The largest absolute Gasteiger partial charge is 0.488 e. The number of aliphatic hydroxyl groups excluding tert-OH is 1. The van der Waals surface area contributed by atoms with Crippen molar-refractivity contribution >= 4 is 23.5 Å². The molecule has 12 nitrogen and oxygen atoms in total. The SMILES string of the molecule is CN1CCC(N(C)c2nc(Nc3ccc(OCCOCCOCCOCCO)c(F)c3)nc(NC3CCCCCC3)n2)CC1. The van der Waals surface area contributed by atoms with Gasteiger partial charge in [0, 0.05) is 30.9 Å². The number of ether oxygens (including phenoxy) is 4. The molecule has 246 valence electrons. The van der Waals surface area contributed by atoms with Gasteiger partial charge in [-0.15, -0.1) is 0 Å². The van der Waals surface area contributed by atoms with E-state index in [4.69, 9.17) is 34.0 Å². The molecule has 2 fully saturated rings. The zero-order valence-electron chi connectivity index (χ0n) is 26.3. The number of hydrogen-bond donors (Lipinski definition) is 3. The Labute approximate surface area is 260 Å². The second-order valence-electron chi connectivity index (χ2n) is 11.4. The maximum Gasteiger partial charge on any atom is 0.233 e. The first kappa shape index (κ1) is 34.0. The van der Waals surface area contributed by atoms with Crippen molar-refractivity contribution in [2.45, 2.75) is 63.5 Å². The molecule has 0 atom stereocenters. The minimum atomic E-state index is -0.490. The number of nitrogens with zero attached hydrogens (tertiary/aromatic N) is 5. The van der Waals surface area contributed by atoms with Gasteiger partial charge in [-0.2, -0.15) is 15.0 Å². The Balaban J connectivity index is 1.32. The first-order chi connectivity index (χ1) is 21.5. The van der Waals surface area contributed by atoms with E-state index < -0.39 is 5.82 Å². The van der Waals surface area contributed by atoms with Gasteiger partial charge < -0.3 is 44.5 Å². The van der Waals surface area contributed by atoms with Crippen LogP contribution in [0.15, 0.2) is 18.2 Å². The Morgan fingerprint density at radius 2 is 1.50 bits per heavy atom. The van der Waals surface area contributed by atoms with Crippen molar-refractivity contribution in [1.82, 2.24) is 19.9 Å². The summed E-state index contributed by atoms with van der Waals surface area (Å²) in [4.78, 5) is 18.7. The highest BCUT2D eigenvalue weighted by Crippen LogP contribution is 2.26. The van der Waals surface area contributed by atoms with E-state index in [1.165, 1.54) is 31.7 Å². The highest BCUT2D eigenvalue weighted by molar-refractivity contribution is 5.57. The lowest BCUT2D eigenvalue weighted by Crippen LogP contribution is -2.42. The fourth-order valence-corrected chi connectivity index (χ4v) is 5.44. The van der Waals surface area contributed by atoms with Crippen LogP contribution in [-0.2, 0) is 14.2 Å². The molecule has 0 radical (unpaired) electrons. The number of aliphatic hydroxyl groups is 1. The second kappa shape index (κ2) is 18.8. The van der Waals surface area contributed by atoms with Crippen molar-refractivity contribution in [2.75, 3.05) is 95.6 Å². The van der Waals surface area contributed by atoms with Gasteiger partial charge in [-0.05, 0) is 58.0 Å². The summed E-state index contributed by atoms with van der Waals surface area (Å²) in [5, 5.41) is 15.4. The number of rotatable bonds is 18. The molecule has 3 N–H and O–H groups in total. The average Bonchev–Trinajstić information content (AvgIpc) is 3.29. The van der Waals surface area contributed by atoms with Gasteiger partial charge in [-0.25, -0.2) is 4.39 Å². The molecule has 2 heterocycles. The van der Waals surface area contributed by atoms with Crippen molar-refractivity contribution in [3.8, 4) is 5.75 Å². The molecule has 0 unspecified atom stereocenters. The van der Waals surface area contributed by atoms with E-state index in [0.29, 0.717) is 75.3 Å². The zero-order chi connectivity index (χ0) is 31.0. The van der Waals surface area contributed by atoms with Crippen molar-refractivity contribution in [3.05, 3.63) is 24.0 Å². The van der Waals surface area contributed by atoms with Crippen LogP contribution in [0.25, 0.3) is 0 Å². The number of hydrogen-bond acceptors (Lipinski definition) is 12. The number of aromatic nitrogens is 3. The van der Waals surface area contributed by atoms with Gasteiger partial charge in [0.15, 0.2) is 11.6 Å². The summed E-state index contributed by atoms with van der Waals surface area (Å²) in [7, 11) is 4.20. The van der Waals surface area contributed by atoms with E-state index in [-0.39, 0.29) is 19.0 Å². The molecule has 44 heavy (non-hydrogen) atoms. The van der Waals surface area contributed by atoms with Gasteiger partial charge in [0.1, 0.15) is 6.61 Å². The molecule has 1 aliphatic heterocycles. The zero-order valence-corrected chi connectivity index (χ0v) is 26.3. The molecular weight excluding hydrogens is 569 g/mol. The average molecular weight is 620 g/mol. The van der Waals surface area contributed by atoms with Gasteiger partial charge in [0.05, 0.1) is 46.2 Å². The van der Waals surface area contributed by atoms with Crippen LogP contribution in [0.4, 0.5) is 27.9 Å². The fourth-order valence-electron chi connectivity index (χ4n) is 5.44. The third kappa shape index (κ3) is 11.6. The minimum Gasteiger partial charge on any atom is -0.488 e. The second-order valence-corrected chi connectivity index (χ2v) is 11.4. The highest BCUT2D eigenvalue weighted by atomic mass is 19.1. The first-order valence-corrected chi connectivity index (χ1v) is 16.0. The van der Waals surface area contributed by atoms with Crippen molar-refractivity contribution < 1.29 is 28.4 Å². The van der Waals surface area contributed by atoms with Gasteiger partial charge in [0.2, 0.25) is 17.8 Å². The number of anilines is 4. The Morgan fingerprint density at radius 1 is 0.864 bits per heavy atom. The van der Waals surface area contributed by atoms with Gasteiger partial charge in [-0.3, -0.25) is 0 Å². The Kier molecular flexibility index (Phi) is 14.6. The van der Waals surface area contributed by atoms with Crippen molar-refractivity contribution in [3.63, 3.8) is 0 Å². The third-order valence-corrected chi connectivity index (χ3v) is 8.02. The molecule has 13 heteroatoms.